The molecule has 1 aromatic rings. The number of piperidine rings is 1. The molecule has 0 unspecified atom stereocenters. The predicted molar refractivity (Wildman–Crippen MR) is 85.8 cm³/mol. The Kier molecular flexibility index (Phi) is 4.95. The molecule has 0 spiro atoms. The zero-order valence-corrected chi connectivity index (χ0v) is 13.9. The number of ether oxygens (including phenoxy) is 1. The van der Waals surface area contributed by atoms with Gasteiger partial charge in [0.05, 0.1) is 11.1 Å². The molecule has 2 rings (SSSR count). The standard InChI is InChI=1S/C18H29NO2/c1-17(2)11-8-12-18(3,4)19(17)13-15(20)14-21-16-9-6-5-7-10-16/h5-7,9-10,15,20H,8,11-14H2,1-4H3/p+1/t15-/m1/s1. The summed E-state index contributed by atoms with van der Waals surface area (Å²) in [4.78, 5) is 1.49. The summed E-state index contributed by atoms with van der Waals surface area (Å²) in [6, 6.07) is 9.71. The van der Waals surface area contributed by atoms with Crippen LogP contribution in [0.4, 0.5) is 0 Å². The molecule has 3 heteroatoms. The molecule has 1 atom stereocenters. The van der Waals surface area contributed by atoms with E-state index in [1.165, 1.54) is 24.2 Å². The van der Waals surface area contributed by atoms with Crippen LogP contribution in [-0.4, -0.2) is 35.4 Å². The van der Waals surface area contributed by atoms with Crippen molar-refractivity contribution < 1.29 is 14.7 Å². The van der Waals surface area contributed by atoms with Crippen LogP contribution in [0.5, 0.6) is 5.75 Å². The van der Waals surface area contributed by atoms with Gasteiger partial charge in [-0.3, -0.25) is 0 Å². The summed E-state index contributed by atoms with van der Waals surface area (Å²) in [5, 5.41) is 10.4. The van der Waals surface area contributed by atoms with Gasteiger partial charge in [0.25, 0.3) is 0 Å². The fourth-order valence-corrected chi connectivity index (χ4v) is 3.75. The van der Waals surface area contributed by atoms with Gasteiger partial charge < -0.3 is 14.7 Å². The number of aliphatic hydroxyl groups excluding tert-OH is 1. The van der Waals surface area contributed by atoms with Crippen molar-refractivity contribution in [3.63, 3.8) is 0 Å². The van der Waals surface area contributed by atoms with Gasteiger partial charge in [0.2, 0.25) is 0 Å². The van der Waals surface area contributed by atoms with Gasteiger partial charge in [0.15, 0.2) is 0 Å². The fourth-order valence-electron chi connectivity index (χ4n) is 3.75. The Morgan fingerprint density at radius 2 is 1.67 bits per heavy atom. The molecule has 1 aliphatic heterocycles. The first-order valence-electron chi connectivity index (χ1n) is 8.04. The van der Waals surface area contributed by atoms with Gasteiger partial charge in [-0.1, -0.05) is 18.2 Å². The van der Waals surface area contributed by atoms with E-state index in [0.29, 0.717) is 6.61 Å². The van der Waals surface area contributed by atoms with Crippen molar-refractivity contribution >= 4 is 0 Å². The zero-order chi connectivity index (χ0) is 15.5. The first-order chi connectivity index (χ1) is 9.81. The molecule has 21 heavy (non-hydrogen) atoms. The van der Waals surface area contributed by atoms with E-state index in [2.05, 4.69) is 27.7 Å². The summed E-state index contributed by atoms with van der Waals surface area (Å²) in [6.45, 7) is 10.4. The van der Waals surface area contributed by atoms with Crippen molar-refractivity contribution in [3.05, 3.63) is 30.3 Å². The molecule has 0 radical (unpaired) electrons. The summed E-state index contributed by atoms with van der Waals surface area (Å²) < 4.78 is 5.68. The number of nitrogens with one attached hydrogen (secondary N) is 1. The summed E-state index contributed by atoms with van der Waals surface area (Å²) >= 11 is 0. The van der Waals surface area contributed by atoms with Crippen molar-refractivity contribution in [2.75, 3.05) is 13.2 Å². The second-order valence-corrected chi connectivity index (χ2v) is 7.58. The molecular formula is C18H30NO2+. The second kappa shape index (κ2) is 6.37. The number of aliphatic hydroxyl groups is 1. The van der Waals surface area contributed by atoms with E-state index >= 15 is 0 Å². The Bertz CT molecular complexity index is 426. The lowest BCUT2D eigenvalue weighted by Gasteiger charge is -2.50. The molecule has 1 saturated heterocycles. The quantitative estimate of drug-likeness (QED) is 0.871. The Morgan fingerprint density at radius 1 is 1.10 bits per heavy atom. The lowest BCUT2D eigenvalue weighted by molar-refractivity contribution is -1.00. The van der Waals surface area contributed by atoms with Crippen molar-refractivity contribution in [3.8, 4) is 5.75 Å². The molecule has 3 nitrogen and oxygen atoms in total. The first-order valence-corrected chi connectivity index (χ1v) is 8.04. The van der Waals surface area contributed by atoms with Gasteiger partial charge in [-0.25, -0.2) is 0 Å². The lowest BCUT2D eigenvalue weighted by atomic mass is 9.79. The molecule has 0 bridgehead atoms. The Balaban J connectivity index is 1.92. The van der Waals surface area contributed by atoms with Gasteiger partial charge in [-0.05, 0) is 46.2 Å². The van der Waals surface area contributed by atoms with Crippen LogP contribution < -0.4 is 9.64 Å². The van der Waals surface area contributed by atoms with E-state index < -0.39 is 6.10 Å². The van der Waals surface area contributed by atoms with Crippen molar-refractivity contribution in [1.29, 1.82) is 0 Å². The molecule has 1 heterocycles. The average molecular weight is 292 g/mol. The van der Waals surface area contributed by atoms with E-state index in [1.54, 1.807) is 0 Å². The second-order valence-electron chi connectivity index (χ2n) is 7.58. The van der Waals surface area contributed by atoms with E-state index in [1.807, 2.05) is 30.3 Å². The first kappa shape index (κ1) is 16.3. The largest absolute Gasteiger partial charge is 0.491 e. The van der Waals surface area contributed by atoms with E-state index in [-0.39, 0.29) is 11.1 Å². The molecular weight excluding hydrogens is 262 g/mol. The normalized spacial score (nSPS) is 22.7. The van der Waals surface area contributed by atoms with Crippen LogP contribution in [-0.2, 0) is 0 Å². The molecule has 1 aliphatic rings. The zero-order valence-electron chi connectivity index (χ0n) is 13.9. The smallest absolute Gasteiger partial charge is 0.137 e. The highest BCUT2D eigenvalue weighted by atomic mass is 16.5. The summed E-state index contributed by atoms with van der Waals surface area (Å²) in [5.74, 6) is 0.823. The van der Waals surface area contributed by atoms with Crippen LogP contribution in [0.2, 0.25) is 0 Å². The highest BCUT2D eigenvalue weighted by molar-refractivity contribution is 5.20. The van der Waals surface area contributed by atoms with Gasteiger partial charge in [0.1, 0.15) is 25.0 Å². The fraction of sp³-hybridized carbons (Fsp3) is 0.667. The lowest BCUT2D eigenvalue weighted by Crippen LogP contribution is -3.27. The molecule has 2 N–H and O–H groups in total. The van der Waals surface area contributed by atoms with Gasteiger partial charge in [-0.15, -0.1) is 0 Å². The van der Waals surface area contributed by atoms with Gasteiger partial charge in [0, 0.05) is 12.8 Å². The SMILES string of the molecule is CC1(C)CCCC(C)(C)[NH+]1C[C@@H](O)COc1ccccc1. The summed E-state index contributed by atoms with van der Waals surface area (Å²) in [5.41, 5.74) is 0.435. The van der Waals surface area contributed by atoms with E-state index in [0.717, 1.165) is 12.3 Å². The predicted octanol–water partition coefficient (Wildman–Crippen LogP) is 2.05. The highest BCUT2D eigenvalue weighted by Gasteiger charge is 2.45. The third-order valence-corrected chi connectivity index (χ3v) is 4.86. The number of rotatable bonds is 5. The minimum Gasteiger partial charge on any atom is -0.491 e. The maximum atomic E-state index is 10.4. The molecule has 118 valence electrons. The third-order valence-electron chi connectivity index (χ3n) is 4.86. The summed E-state index contributed by atoms with van der Waals surface area (Å²) in [6.07, 6.45) is 3.28. The number of hydrogen-bond donors (Lipinski definition) is 2. The molecule has 0 saturated carbocycles. The van der Waals surface area contributed by atoms with Crippen LogP contribution in [0.3, 0.4) is 0 Å². The number of likely N-dealkylation sites (tertiary alicyclic amines) is 1. The minimum absolute atomic E-state index is 0.218. The van der Waals surface area contributed by atoms with E-state index in [9.17, 15) is 5.11 Å². The third kappa shape index (κ3) is 4.21. The van der Waals surface area contributed by atoms with Crippen LogP contribution >= 0.6 is 0 Å². The van der Waals surface area contributed by atoms with Crippen LogP contribution in [0.25, 0.3) is 0 Å². The average Bonchev–Trinajstić information content (AvgIpc) is 2.41. The number of para-hydroxylation sites is 1. The van der Waals surface area contributed by atoms with Crippen LogP contribution in [0, 0.1) is 0 Å². The number of hydrogen-bond acceptors (Lipinski definition) is 2. The van der Waals surface area contributed by atoms with Crippen molar-refractivity contribution in [1.82, 2.24) is 0 Å². The van der Waals surface area contributed by atoms with Gasteiger partial charge >= 0.3 is 0 Å². The maximum Gasteiger partial charge on any atom is 0.137 e. The van der Waals surface area contributed by atoms with Crippen molar-refractivity contribution in [2.45, 2.75) is 64.1 Å². The monoisotopic (exact) mass is 292 g/mol. The highest BCUT2D eigenvalue weighted by Crippen LogP contribution is 2.23. The molecule has 1 fully saturated rings. The number of benzene rings is 1. The molecule has 0 aliphatic carbocycles. The van der Waals surface area contributed by atoms with Crippen LogP contribution in [0.1, 0.15) is 47.0 Å². The topological polar surface area (TPSA) is 33.9 Å². The molecule has 1 aromatic carbocycles. The minimum atomic E-state index is -0.433. The Labute approximate surface area is 128 Å². The summed E-state index contributed by atoms with van der Waals surface area (Å²) in [7, 11) is 0. The Morgan fingerprint density at radius 3 is 2.24 bits per heavy atom. The van der Waals surface area contributed by atoms with Gasteiger partial charge in [-0.2, -0.15) is 0 Å². The van der Waals surface area contributed by atoms with Crippen LogP contribution in [0.15, 0.2) is 30.3 Å². The Hall–Kier alpha value is -1.06. The molecule has 0 aromatic heterocycles. The maximum absolute atomic E-state index is 10.4. The molecule has 0 amide bonds. The van der Waals surface area contributed by atoms with E-state index in [4.69, 9.17) is 4.74 Å². The van der Waals surface area contributed by atoms with Crippen molar-refractivity contribution in [2.24, 2.45) is 0 Å². The number of quaternary nitrogens is 1.